The first kappa shape index (κ1) is 19.8. The molecule has 8 heteroatoms. The highest BCUT2D eigenvalue weighted by Crippen LogP contribution is 2.34. The van der Waals surface area contributed by atoms with Gasteiger partial charge in [-0.2, -0.15) is 0 Å². The predicted molar refractivity (Wildman–Crippen MR) is 127 cm³/mol. The number of halogens is 1. The molecule has 1 saturated heterocycles. The molecule has 7 nitrogen and oxygen atoms in total. The number of rotatable bonds is 5. The lowest BCUT2D eigenvalue weighted by Crippen LogP contribution is -2.26. The van der Waals surface area contributed by atoms with E-state index in [4.69, 9.17) is 15.5 Å². The molecule has 5 rings (SSSR count). The zero-order valence-corrected chi connectivity index (χ0v) is 18.7. The molecule has 1 aliphatic heterocycles. The topological polar surface area (TPSA) is 81.2 Å². The number of aryl methyl sites for hydroxylation is 1. The van der Waals surface area contributed by atoms with E-state index in [1.807, 2.05) is 66.3 Å². The van der Waals surface area contributed by atoms with Crippen LogP contribution in [-0.2, 0) is 7.05 Å². The van der Waals surface area contributed by atoms with Crippen LogP contribution in [0.2, 0.25) is 0 Å². The summed E-state index contributed by atoms with van der Waals surface area (Å²) in [5, 5.41) is 3.37. The Morgan fingerprint density at radius 3 is 2.77 bits per heavy atom. The number of aromatic nitrogens is 3. The van der Waals surface area contributed by atoms with Crippen molar-refractivity contribution in [2.24, 2.45) is 12.8 Å². The molecule has 1 unspecified atom stereocenters. The third kappa shape index (κ3) is 4.08. The molecule has 31 heavy (non-hydrogen) atoms. The van der Waals surface area contributed by atoms with Gasteiger partial charge in [0.05, 0.1) is 22.9 Å². The molecule has 0 spiro atoms. The fraction of sp³-hybridized carbons (Fsp3) is 0.217. The Morgan fingerprint density at radius 2 is 2.00 bits per heavy atom. The minimum absolute atomic E-state index is 0.189. The number of nitrogens with one attached hydrogen (secondary N) is 1. The van der Waals surface area contributed by atoms with Gasteiger partial charge in [-0.1, -0.05) is 15.9 Å². The zero-order valence-electron chi connectivity index (χ0n) is 17.1. The number of fused-ring (bicyclic) bond motifs is 1. The van der Waals surface area contributed by atoms with Crippen molar-refractivity contribution in [2.45, 2.75) is 12.5 Å². The summed E-state index contributed by atoms with van der Waals surface area (Å²) < 4.78 is 9.32. The number of benzene rings is 2. The first-order valence-corrected chi connectivity index (χ1v) is 11.0. The van der Waals surface area contributed by atoms with E-state index in [0.29, 0.717) is 0 Å². The lowest BCUT2D eigenvalue weighted by atomic mass is 10.3. The van der Waals surface area contributed by atoms with Gasteiger partial charge in [0.2, 0.25) is 5.95 Å². The van der Waals surface area contributed by atoms with Gasteiger partial charge >= 0.3 is 0 Å². The summed E-state index contributed by atoms with van der Waals surface area (Å²) in [5.74, 6) is 2.27. The van der Waals surface area contributed by atoms with Gasteiger partial charge in [-0.3, -0.25) is 4.98 Å². The Labute approximate surface area is 189 Å². The van der Waals surface area contributed by atoms with Crippen LogP contribution in [0.3, 0.4) is 0 Å². The molecule has 1 atom stereocenters. The molecule has 3 heterocycles. The first-order chi connectivity index (χ1) is 15.1. The van der Waals surface area contributed by atoms with Crippen LogP contribution in [0.15, 0.2) is 65.4 Å². The first-order valence-electron chi connectivity index (χ1n) is 10.2. The van der Waals surface area contributed by atoms with Gasteiger partial charge < -0.3 is 25.3 Å². The third-order valence-corrected chi connectivity index (χ3v) is 6.04. The quantitative estimate of drug-likeness (QED) is 0.428. The maximum Gasteiger partial charge on any atom is 0.208 e. The van der Waals surface area contributed by atoms with Gasteiger partial charge in [-0.25, -0.2) is 4.98 Å². The second-order valence-electron chi connectivity index (χ2n) is 7.72. The average molecular weight is 479 g/mol. The maximum atomic E-state index is 6.25. The molecule has 158 valence electrons. The van der Waals surface area contributed by atoms with Crippen molar-refractivity contribution in [3.05, 3.63) is 65.4 Å². The number of hydrogen-bond acceptors (Lipinski definition) is 6. The average Bonchev–Trinajstić information content (AvgIpc) is 3.33. The SMILES string of the molecule is Cn1c(Nc2ccc(Br)cc2)nc2cc(Oc3ccncc3N3CCC(N)C3)ccc21. The lowest BCUT2D eigenvalue weighted by Gasteiger charge is -2.20. The predicted octanol–water partition coefficient (Wildman–Crippen LogP) is 4.80. The molecule has 1 fully saturated rings. The van der Waals surface area contributed by atoms with Crippen LogP contribution in [0.1, 0.15) is 6.42 Å². The van der Waals surface area contributed by atoms with Gasteiger partial charge in [-0.15, -0.1) is 0 Å². The summed E-state index contributed by atoms with van der Waals surface area (Å²) >= 11 is 3.46. The third-order valence-electron chi connectivity index (χ3n) is 5.51. The van der Waals surface area contributed by atoms with E-state index in [-0.39, 0.29) is 6.04 Å². The molecule has 1 aliphatic rings. The van der Waals surface area contributed by atoms with E-state index >= 15 is 0 Å². The molecule has 0 radical (unpaired) electrons. The minimum Gasteiger partial charge on any atom is -0.455 e. The van der Waals surface area contributed by atoms with E-state index in [2.05, 4.69) is 31.1 Å². The van der Waals surface area contributed by atoms with Gasteiger partial charge in [0.15, 0.2) is 5.75 Å². The molecule has 0 aliphatic carbocycles. The van der Waals surface area contributed by atoms with E-state index in [1.165, 1.54) is 0 Å². The second kappa shape index (κ2) is 8.20. The van der Waals surface area contributed by atoms with Crippen LogP contribution in [0.4, 0.5) is 17.3 Å². The molecule has 0 amide bonds. The zero-order chi connectivity index (χ0) is 21.4. The molecule has 0 bridgehead atoms. The molecule has 2 aromatic carbocycles. The Balaban J connectivity index is 1.41. The number of pyridine rings is 1. The number of anilines is 3. The van der Waals surface area contributed by atoms with Crippen LogP contribution in [-0.4, -0.2) is 33.7 Å². The Bertz CT molecular complexity index is 1220. The monoisotopic (exact) mass is 478 g/mol. The van der Waals surface area contributed by atoms with Crippen molar-refractivity contribution in [3.8, 4) is 11.5 Å². The maximum absolute atomic E-state index is 6.25. The van der Waals surface area contributed by atoms with Crippen molar-refractivity contribution < 1.29 is 4.74 Å². The summed E-state index contributed by atoms with van der Waals surface area (Å²) in [6, 6.07) is 16.0. The molecule has 2 aromatic heterocycles. The number of nitrogens with two attached hydrogens (primary N) is 1. The summed E-state index contributed by atoms with van der Waals surface area (Å²) in [6.07, 6.45) is 4.56. The van der Waals surface area contributed by atoms with Crippen LogP contribution < -0.4 is 20.7 Å². The van der Waals surface area contributed by atoms with Crippen molar-refractivity contribution in [1.29, 1.82) is 0 Å². The Morgan fingerprint density at radius 1 is 1.16 bits per heavy atom. The van der Waals surface area contributed by atoms with E-state index in [0.717, 1.165) is 63.8 Å². The second-order valence-corrected chi connectivity index (χ2v) is 8.63. The Hall–Kier alpha value is -3.10. The van der Waals surface area contributed by atoms with Crippen LogP contribution >= 0.6 is 15.9 Å². The lowest BCUT2D eigenvalue weighted by molar-refractivity contribution is 0.482. The summed E-state index contributed by atoms with van der Waals surface area (Å²) in [4.78, 5) is 11.3. The van der Waals surface area contributed by atoms with E-state index in [9.17, 15) is 0 Å². The molecular weight excluding hydrogens is 456 g/mol. The van der Waals surface area contributed by atoms with E-state index in [1.54, 1.807) is 6.20 Å². The van der Waals surface area contributed by atoms with Crippen molar-refractivity contribution in [2.75, 3.05) is 23.3 Å². The van der Waals surface area contributed by atoms with E-state index < -0.39 is 0 Å². The van der Waals surface area contributed by atoms with Crippen molar-refractivity contribution in [3.63, 3.8) is 0 Å². The molecular formula is C23H23BrN6O. The highest BCUT2D eigenvalue weighted by Gasteiger charge is 2.22. The van der Waals surface area contributed by atoms with Crippen molar-refractivity contribution >= 4 is 44.3 Å². The number of nitrogens with zero attached hydrogens (tertiary/aromatic N) is 4. The van der Waals surface area contributed by atoms with Gasteiger partial charge in [-0.05, 0) is 42.8 Å². The smallest absolute Gasteiger partial charge is 0.208 e. The van der Waals surface area contributed by atoms with Gasteiger partial charge in [0.1, 0.15) is 5.75 Å². The normalized spacial score (nSPS) is 16.1. The van der Waals surface area contributed by atoms with Gasteiger partial charge in [0.25, 0.3) is 0 Å². The number of ether oxygens (including phenoxy) is 1. The fourth-order valence-corrected chi connectivity index (χ4v) is 4.11. The van der Waals surface area contributed by atoms with Crippen LogP contribution in [0, 0.1) is 0 Å². The molecule has 3 N–H and O–H groups in total. The summed E-state index contributed by atoms with van der Waals surface area (Å²) in [7, 11) is 1.99. The Kier molecular flexibility index (Phi) is 5.25. The largest absolute Gasteiger partial charge is 0.455 e. The minimum atomic E-state index is 0.189. The molecule has 0 saturated carbocycles. The van der Waals surface area contributed by atoms with Crippen molar-refractivity contribution in [1.82, 2.24) is 14.5 Å². The molecule has 4 aromatic rings. The standard InChI is InChI=1S/C23H23BrN6O/c1-29-20-7-6-18(12-19(20)28-23(29)27-17-4-2-15(24)3-5-17)31-22-8-10-26-13-21(22)30-11-9-16(25)14-30/h2-8,10,12-13,16H,9,11,14,25H2,1H3,(H,27,28). The fourth-order valence-electron chi connectivity index (χ4n) is 3.85. The summed E-state index contributed by atoms with van der Waals surface area (Å²) in [6.45, 7) is 1.72. The summed E-state index contributed by atoms with van der Waals surface area (Å²) in [5.41, 5.74) is 9.91. The van der Waals surface area contributed by atoms with Crippen LogP contribution in [0.25, 0.3) is 11.0 Å². The number of imidazole rings is 1. The number of hydrogen-bond donors (Lipinski definition) is 2. The van der Waals surface area contributed by atoms with Gasteiger partial charge in [0, 0.05) is 54.7 Å². The van der Waals surface area contributed by atoms with Crippen LogP contribution in [0.5, 0.6) is 11.5 Å². The highest BCUT2D eigenvalue weighted by molar-refractivity contribution is 9.10. The highest BCUT2D eigenvalue weighted by atomic mass is 79.9.